The number of amides is 1. The van der Waals surface area contributed by atoms with E-state index in [2.05, 4.69) is 5.32 Å². The minimum atomic E-state index is -0.363. The lowest BCUT2D eigenvalue weighted by Crippen LogP contribution is -2.25. The van der Waals surface area contributed by atoms with Crippen LogP contribution in [0.25, 0.3) is 0 Å². The standard InChI is InChI=1S/C15H16ClNO4/c1-10-8-11(2-4-13(10)16)20-9-12-3-5-14(21-12)15(19)17-6-7-18/h2-5,8,18H,6-7,9H2,1H3,(H,17,19). The van der Waals surface area contributed by atoms with Gasteiger partial charge in [0, 0.05) is 11.6 Å². The van der Waals surface area contributed by atoms with Gasteiger partial charge in [0.25, 0.3) is 5.91 Å². The second-order valence-corrected chi connectivity index (χ2v) is 4.85. The molecule has 0 radical (unpaired) electrons. The molecule has 0 aliphatic heterocycles. The first-order valence-electron chi connectivity index (χ1n) is 6.47. The van der Waals surface area contributed by atoms with E-state index in [1.165, 1.54) is 0 Å². The molecule has 112 valence electrons. The number of aliphatic hydroxyl groups is 1. The van der Waals surface area contributed by atoms with Crippen LogP contribution in [0.3, 0.4) is 0 Å². The number of carbonyl (C=O) groups excluding carboxylic acids is 1. The molecule has 1 aromatic carbocycles. The van der Waals surface area contributed by atoms with Crippen LogP contribution in [0.1, 0.15) is 21.9 Å². The van der Waals surface area contributed by atoms with Gasteiger partial charge in [-0.2, -0.15) is 0 Å². The van der Waals surface area contributed by atoms with Gasteiger partial charge >= 0.3 is 0 Å². The van der Waals surface area contributed by atoms with E-state index in [0.717, 1.165) is 5.56 Å². The highest BCUT2D eigenvalue weighted by Crippen LogP contribution is 2.22. The monoisotopic (exact) mass is 309 g/mol. The number of carbonyl (C=O) groups is 1. The average molecular weight is 310 g/mol. The van der Waals surface area contributed by atoms with Crippen molar-refractivity contribution in [1.29, 1.82) is 0 Å². The van der Waals surface area contributed by atoms with E-state index in [9.17, 15) is 4.79 Å². The number of ether oxygens (including phenoxy) is 1. The van der Waals surface area contributed by atoms with Gasteiger partial charge < -0.3 is 19.6 Å². The van der Waals surface area contributed by atoms with Crippen molar-refractivity contribution >= 4 is 17.5 Å². The van der Waals surface area contributed by atoms with Crippen LogP contribution in [-0.2, 0) is 6.61 Å². The average Bonchev–Trinajstić information content (AvgIpc) is 2.95. The topological polar surface area (TPSA) is 71.7 Å². The first-order chi connectivity index (χ1) is 10.1. The summed E-state index contributed by atoms with van der Waals surface area (Å²) < 4.78 is 11.0. The van der Waals surface area contributed by atoms with Gasteiger partial charge in [0.05, 0.1) is 6.61 Å². The summed E-state index contributed by atoms with van der Waals surface area (Å²) in [4.78, 5) is 11.6. The summed E-state index contributed by atoms with van der Waals surface area (Å²) in [5.74, 6) is 1.04. The Hall–Kier alpha value is -1.98. The minimum Gasteiger partial charge on any atom is -0.486 e. The molecule has 0 atom stereocenters. The van der Waals surface area contributed by atoms with Gasteiger partial charge in [-0.15, -0.1) is 0 Å². The Labute approximate surface area is 127 Å². The number of hydrogen-bond donors (Lipinski definition) is 2. The molecule has 0 saturated heterocycles. The highest BCUT2D eigenvalue weighted by atomic mass is 35.5. The van der Waals surface area contributed by atoms with Crippen molar-refractivity contribution < 1.29 is 19.1 Å². The third-order valence-electron chi connectivity index (χ3n) is 2.79. The number of halogens is 1. The summed E-state index contributed by atoms with van der Waals surface area (Å²) >= 11 is 5.94. The number of furan rings is 1. The zero-order valence-electron chi connectivity index (χ0n) is 11.6. The Bertz CT molecular complexity index is 624. The van der Waals surface area contributed by atoms with Crippen LogP contribution in [0.5, 0.6) is 5.75 Å². The van der Waals surface area contributed by atoms with Crippen LogP contribution in [0, 0.1) is 6.92 Å². The molecule has 0 spiro atoms. The molecule has 1 aromatic heterocycles. The van der Waals surface area contributed by atoms with Gasteiger partial charge in [0.2, 0.25) is 0 Å². The van der Waals surface area contributed by atoms with E-state index in [1.807, 2.05) is 13.0 Å². The SMILES string of the molecule is Cc1cc(OCc2ccc(C(=O)NCCO)o2)ccc1Cl. The van der Waals surface area contributed by atoms with Crippen LogP contribution in [0.15, 0.2) is 34.7 Å². The van der Waals surface area contributed by atoms with Gasteiger partial charge in [-0.25, -0.2) is 0 Å². The Morgan fingerprint density at radius 1 is 1.38 bits per heavy atom. The predicted octanol–water partition coefficient (Wildman–Crippen LogP) is 2.54. The number of benzene rings is 1. The van der Waals surface area contributed by atoms with Gasteiger partial charge in [0.15, 0.2) is 5.76 Å². The normalized spacial score (nSPS) is 10.4. The third-order valence-corrected chi connectivity index (χ3v) is 3.22. The first-order valence-corrected chi connectivity index (χ1v) is 6.84. The molecule has 0 unspecified atom stereocenters. The number of rotatable bonds is 6. The number of hydrogen-bond acceptors (Lipinski definition) is 4. The summed E-state index contributed by atoms with van der Waals surface area (Å²) in [6, 6.07) is 8.62. The quantitative estimate of drug-likeness (QED) is 0.860. The van der Waals surface area contributed by atoms with Crippen molar-refractivity contribution in [1.82, 2.24) is 5.32 Å². The smallest absolute Gasteiger partial charge is 0.287 e. The number of aliphatic hydroxyl groups excluding tert-OH is 1. The molecule has 0 fully saturated rings. The minimum absolute atomic E-state index is 0.113. The summed E-state index contributed by atoms with van der Waals surface area (Å²) in [6.45, 7) is 2.19. The van der Waals surface area contributed by atoms with Crippen LogP contribution < -0.4 is 10.1 Å². The lowest BCUT2D eigenvalue weighted by molar-refractivity contribution is 0.0913. The fourth-order valence-electron chi connectivity index (χ4n) is 1.70. The van der Waals surface area contributed by atoms with Crippen molar-refractivity contribution in [2.24, 2.45) is 0 Å². The molecule has 2 aromatic rings. The van der Waals surface area contributed by atoms with E-state index in [4.69, 9.17) is 25.9 Å². The Balaban J connectivity index is 1.93. The molecule has 0 bridgehead atoms. The van der Waals surface area contributed by atoms with Crippen LogP contribution >= 0.6 is 11.6 Å². The number of aryl methyl sites for hydroxylation is 1. The van der Waals surface area contributed by atoms with Crippen molar-refractivity contribution in [2.75, 3.05) is 13.2 Å². The number of nitrogens with one attached hydrogen (secondary N) is 1. The maximum absolute atomic E-state index is 11.6. The Kier molecular flexibility index (Phi) is 5.25. The molecule has 1 amide bonds. The van der Waals surface area contributed by atoms with E-state index >= 15 is 0 Å². The molecule has 0 saturated carbocycles. The van der Waals surface area contributed by atoms with Crippen LogP contribution in [0.2, 0.25) is 5.02 Å². The molecule has 0 aliphatic rings. The maximum atomic E-state index is 11.6. The molecular formula is C15H16ClNO4. The van der Waals surface area contributed by atoms with E-state index in [0.29, 0.717) is 16.5 Å². The molecule has 5 nitrogen and oxygen atoms in total. The molecule has 0 aliphatic carbocycles. The summed E-state index contributed by atoms with van der Waals surface area (Å²) in [6.07, 6.45) is 0. The molecular weight excluding hydrogens is 294 g/mol. The predicted molar refractivity (Wildman–Crippen MR) is 78.6 cm³/mol. The second-order valence-electron chi connectivity index (χ2n) is 4.45. The van der Waals surface area contributed by atoms with E-state index in [1.54, 1.807) is 24.3 Å². The summed E-state index contributed by atoms with van der Waals surface area (Å²) in [5.41, 5.74) is 0.928. The molecule has 1 heterocycles. The highest BCUT2D eigenvalue weighted by Gasteiger charge is 2.10. The maximum Gasteiger partial charge on any atom is 0.287 e. The highest BCUT2D eigenvalue weighted by molar-refractivity contribution is 6.31. The zero-order chi connectivity index (χ0) is 15.2. The lowest BCUT2D eigenvalue weighted by Gasteiger charge is -2.06. The van der Waals surface area contributed by atoms with Gasteiger partial charge in [-0.05, 0) is 42.8 Å². The fourth-order valence-corrected chi connectivity index (χ4v) is 1.81. The second kappa shape index (κ2) is 7.15. The van der Waals surface area contributed by atoms with Crippen LogP contribution in [0.4, 0.5) is 0 Å². The molecule has 2 N–H and O–H groups in total. The fraction of sp³-hybridized carbons (Fsp3) is 0.267. The molecule has 2 rings (SSSR count). The van der Waals surface area contributed by atoms with Crippen molar-refractivity contribution in [3.63, 3.8) is 0 Å². The van der Waals surface area contributed by atoms with Gasteiger partial charge in [-0.3, -0.25) is 4.79 Å². The third kappa shape index (κ3) is 4.24. The Morgan fingerprint density at radius 2 is 2.19 bits per heavy atom. The lowest BCUT2D eigenvalue weighted by atomic mass is 10.2. The van der Waals surface area contributed by atoms with Crippen molar-refractivity contribution in [3.05, 3.63) is 52.4 Å². The van der Waals surface area contributed by atoms with Crippen molar-refractivity contribution in [3.8, 4) is 5.75 Å². The van der Waals surface area contributed by atoms with Gasteiger partial charge in [-0.1, -0.05) is 11.6 Å². The summed E-state index contributed by atoms with van der Waals surface area (Å²) in [7, 11) is 0. The Morgan fingerprint density at radius 3 is 2.90 bits per heavy atom. The zero-order valence-corrected chi connectivity index (χ0v) is 12.3. The van der Waals surface area contributed by atoms with E-state index < -0.39 is 0 Å². The van der Waals surface area contributed by atoms with Crippen LogP contribution in [-0.4, -0.2) is 24.2 Å². The largest absolute Gasteiger partial charge is 0.486 e. The van der Waals surface area contributed by atoms with E-state index in [-0.39, 0.29) is 31.4 Å². The molecule has 21 heavy (non-hydrogen) atoms. The van der Waals surface area contributed by atoms with Gasteiger partial charge in [0.1, 0.15) is 18.1 Å². The van der Waals surface area contributed by atoms with Crippen molar-refractivity contribution in [2.45, 2.75) is 13.5 Å². The molecule has 6 heteroatoms. The summed E-state index contributed by atoms with van der Waals surface area (Å²) in [5, 5.41) is 11.8. The first kappa shape index (κ1) is 15.4.